The van der Waals surface area contributed by atoms with Crippen molar-refractivity contribution in [2.24, 2.45) is 0 Å². The van der Waals surface area contributed by atoms with Crippen molar-refractivity contribution in [2.75, 3.05) is 11.5 Å². The normalized spacial score (nSPS) is 12.6. The van der Waals surface area contributed by atoms with E-state index in [-0.39, 0.29) is 12.2 Å². The molecule has 1 amide bonds. The summed E-state index contributed by atoms with van der Waals surface area (Å²) in [5, 5.41) is 11.5. The van der Waals surface area contributed by atoms with E-state index < -0.39 is 33.5 Å². The van der Waals surface area contributed by atoms with Crippen LogP contribution in [0.1, 0.15) is 31.7 Å². The lowest BCUT2D eigenvalue weighted by Crippen LogP contribution is -2.44. The Kier molecular flexibility index (Phi) is 7.74. The summed E-state index contributed by atoms with van der Waals surface area (Å²) in [6.07, 6.45) is 2.29. The van der Waals surface area contributed by atoms with Gasteiger partial charge in [0.25, 0.3) is 0 Å². The minimum Gasteiger partial charge on any atom is -0.480 e. The van der Waals surface area contributed by atoms with E-state index in [1.54, 1.807) is 30.3 Å². The van der Waals surface area contributed by atoms with Crippen LogP contribution in [0.2, 0.25) is 0 Å². The van der Waals surface area contributed by atoms with Crippen LogP contribution in [0.3, 0.4) is 0 Å². The molecule has 1 unspecified atom stereocenters. The van der Waals surface area contributed by atoms with Gasteiger partial charge in [0.1, 0.15) is 11.8 Å². The SMILES string of the molecule is CCCCCS(=O)(=O)CC(=O)NC(Cc1ccccc1)C(=O)O. The number of carboxylic acids is 1. The first-order valence-electron chi connectivity index (χ1n) is 7.60. The second kappa shape index (κ2) is 9.29. The van der Waals surface area contributed by atoms with Crippen LogP contribution in [-0.2, 0) is 25.8 Å². The number of rotatable bonds is 10. The number of carbonyl (C=O) groups excluding carboxylic acids is 1. The smallest absolute Gasteiger partial charge is 0.326 e. The van der Waals surface area contributed by atoms with Crippen molar-refractivity contribution in [3.63, 3.8) is 0 Å². The molecule has 6 nitrogen and oxygen atoms in total. The van der Waals surface area contributed by atoms with E-state index in [4.69, 9.17) is 0 Å². The number of sulfone groups is 1. The molecule has 0 fully saturated rings. The van der Waals surface area contributed by atoms with E-state index in [0.29, 0.717) is 6.42 Å². The van der Waals surface area contributed by atoms with Crippen LogP contribution < -0.4 is 5.32 Å². The first-order valence-corrected chi connectivity index (χ1v) is 9.42. The molecule has 7 heteroatoms. The number of unbranched alkanes of at least 4 members (excludes halogenated alkanes) is 2. The highest BCUT2D eigenvalue weighted by Gasteiger charge is 2.23. The van der Waals surface area contributed by atoms with Crippen LogP contribution in [0, 0.1) is 0 Å². The standard InChI is InChI=1S/C16H23NO5S/c1-2-3-7-10-23(21,22)12-15(18)17-14(16(19)20)11-13-8-5-4-6-9-13/h4-6,8-9,14H,2-3,7,10-12H2,1H3,(H,17,18)(H,19,20). The maximum absolute atomic E-state index is 11.8. The number of benzene rings is 1. The predicted molar refractivity (Wildman–Crippen MR) is 87.9 cm³/mol. The first kappa shape index (κ1) is 19.2. The lowest BCUT2D eigenvalue weighted by molar-refractivity contribution is -0.141. The Morgan fingerprint density at radius 2 is 1.83 bits per heavy atom. The maximum Gasteiger partial charge on any atom is 0.326 e. The average molecular weight is 341 g/mol. The molecular weight excluding hydrogens is 318 g/mol. The number of amides is 1. The number of carboxylic acid groups (broad SMARTS) is 1. The summed E-state index contributed by atoms with van der Waals surface area (Å²) in [4.78, 5) is 23.1. The summed E-state index contributed by atoms with van der Waals surface area (Å²) in [7, 11) is -3.50. The third kappa shape index (κ3) is 7.78. The van der Waals surface area contributed by atoms with Crippen molar-refractivity contribution in [1.82, 2.24) is 5.32 Å². The number of nitrogens with one attached hydrogen (secondary N) is 1. The fourth-order valence-electron chi connectivity index (χ4n) is 2.13. The van der Waals surface area contributed by atoms with Crippen LogP contribution in [0.15, 0.2) is 30.3 Å². The molecule has 0 spiro atoms. The quantitative estimate of drug-likeness (QED) is 0.627. The lowest BCUT2D eigenvalue weighted by atomic mass is 10.1. The topological polar surface area (TPSA) is 101 Å². The largest absolute Gasteiger partial charge is 0.480 e. The molecule has 1 atom stereocenters. The van der Waals surface area contributed by atoms with Gasteiger partial charge in [-0.2, -0.15) is 0 Å². The maximum atomic E-state index is 11.8. The molecular formula is C16H23NO5S. The number of hydrogen-bond acceptors (Lipinski definition) is 4. The highest BCUT2D eigenvalue weighted by Crippen LogP contribution is 2.05. The van der Waals surface area contributed by atoms with Crippen LogP contribution in [0.4, 0.5) is 0 Å². The third-order valence-corrected chi connectivity index (χ3v) is 4.94. The molecule has 128 valence electrons. The molecule has 0 heterocycles. The molecule has 0 aromatic heterocycles. The Labute approximate surface area is 136 Å². The van der Waals surface area contributed by atoms with Crippen molar-refractivity contribution in [3.8, 4) is 0 Å². The van der Waals surface area contributed by atoms with Crippen molar-refractivity contribution in [3.05, 3.63) is 35.9 Å². The highest BCUT2D eigenvalue weighted by molar-refractivity contribution is 7.92. The van der Waals surface area contributed by atoms with Gasteiger partial charge < -0.3 is 10.4 Å². The molecule has 0 radical (unpaired) electrons. The molecule has 2 N–H and O–H groups in total. The summed E-state index contributed by atoms with van der Waals surface area (Å²) in [5.74, 6) is -2.68. The van der Waals surface area contributed by atoms with E-state index in [2.05, 4.69) is 5.32 Å². The molecule has 23 heavy (non-hydrogen) atoms. The molecule has 1 rings (SSSR count). The third-order valence-electron chi connectivity index (χ3n) is 3.33. The van der Waals surface area contributed by atoms with E-state index >= 15 is 0 Å². The van der Waals surface area contributed by atoms with Crippen molar-refractivity contribution in [2.45, 2.75) is 38.6 Å². The van der Waals surface area contributed by atoms with E-state index in [1.807, 2.05) is 6.92 Å². The molecule has 0 aliphatic heterocycles. The van der Waals surface area contributed by atoms with Gasteiger partial charge in [0.15, 0.2) is 9.84 Å². The summed E-state index contributed by atoms with van der Waals surface area (Å²) in [6, 6.07) is 7.71. The van der Waals surface area contributed by atoms with E-state index in [1.165, 1.54) is 0 Å². The lowest BCUT2D eigenvalue weighted by Gasteiger charge is -2.14. The zero-order valence-electron chi connectivity index (χ0n) is 13.2. The summed E-state index contributed by atoms with van der Waals surface area (Å²) in [5.41, 5.74) is 0.756. The van der Waals surface area contributed by atoms with Gasteiger partial charge in [-0.1, -0.05) is 50.1 Å². The first-order chi connectivity index (χ1) is 10.8. The summed E-state index contributed by atoms with van der Waals surface area (Å²) in [6.45, 7) is 1.96. The zero-order chi connectivity index (χ0) is 17.3. The van der Waals surface area contributed by atoms with Crippen molar-refractivity contribution >= 4 is 21.7 Å². The predicted octanol–water partition coefficient (Wildman–Crippen LogP) is 1.40. The monoisotopic (exact) mass is 341 g/mol. The van der Waals surface area contributed by atoms with Gasteiger partial charge in [0.05, 0.1) is 5.75 Å². The summed E-state index contributed by atoms with van der Waals surface area (Å²) >= 11 is 0. The Hall–Kier alpha value is -1.89. The Morgan fingerprint density at radius 1 is 1.17 bits per heavy atom. The van der Waals surface area contributed by atoms with Gasteiger partial charge in [0.2, 0.25) is 5.91 Å². The van der Waals surface area contributed by atoms with Gasteiger partial charge in [0, 0.05) is 6.42 Å². The second-order valence-corrected chi connectivity index (χ2v) is 7.63. The highest BCUT2D eigenvalue weighted by atomic mass is 32.2. The average Bonchev–Trinajstić information content (AvgIpc) is 2.47. The zero-order valence-corrected chi connectivity index (χ0v) is 14.0. The molecule has 0 aliphatic carbocycles. The number of hydrogen-bond donors (Lipinski definition) is 2. The van der Waals surface area contributed by atoms with Crippen LogP contribution in [0.25, 0.3) is 0 Å². The molecule has 0 saturated heterocycles. The molecule has 0 saturated carbocycles. The Balaban J connectivity index is 2.59. The second-order valence-electron chi connectivity index (χ2n) is 5.45. The molecule has 0 bridgehead atoms. The van der Waals surface area contributed by atoms with Crippen LogP contribution in [-0.4, -0.2) is 42.9 Å². The van der Waals surface area contributed by atoms with Gasteiger partial charge in [-0.25, -0.2) is 13.2 Å². The van der Waals surface area contributed by atoms with Gasteiger partial charge in [-0.15, -0.1) is 0 Å². The molecule has 1 aromatic rings. The minimum atomic E-state index is -3.50. The minimum absolute atomic E-state index is 0.0509. The van der Waals surface area contributed by atoms with Crippen molar-refractivity contribution in [1.29, 1.82) is 0 Å². The number of aliphatic carboxylic acids is 1. The Bertz CT molecular complexity index is 613. The van der Waals surface area contributed by atoms with Gasteiger partial charge in [-0.05, 0) is 12.0 Å². The van der Waals surface area contributed by atoms with E-state index in [9.17, 15) is 23.1 Å². The Morgan fingerprint density at radius 3 is 2.39 bits per heavy atom. The van der Waals surface area contributed by atoms with Gasteiger partial charge in [-0.3, -0.25) is 4.79 Å². The summed E-state index contributed by atoms with van der Waals surface area (Å²) < 4.78 is 23.6. The number of carbonyl (C=O) groups is 2. The van der Waals surface area contributed by atoms with E-state index in [0.717, 1.165) is 18.4 Å². The van der Waals surface area contributed by atoms with Crippen LogP contribution in [0.5, 0.6) is 0 Å². The fraction of sp³-hybridized carbons (Fsp3) is 0.500. The fourth-order valence-corrected chi connectivity index (χ4v) is 3.40. The molecule has 0 aliphatic rings. The van der Waals surface area contributed by atoms with Crippen LogP contribution >= 0.6 is 0 Å². The molecule has 1 aromatic carbocycles. The van der Waals surface area contributed by atoms with Gasteiger partial charge >= 0.3 is 5.97 Å². The van der Waals surface area contributed by atoms with Crippen molar-refractivity contribution < 1.29 is 23.1 Å².